The summed E-state index contributed by atoms with van der Waals surface area (Å²) in [6, 6.07) is 1.55. The van der Waals surface area contributed by atoms with Crippen LogP contribution < -0.4 is 5.73 Å². The van der Waals surface area contributed by atoms with Crippen LogP contribution in [0.25, 0.3) is 0 Å². The molecule has 96 valence electrons. The molecule has 2 aliphatic rings. The van der Waals surface area contributed by atoms with Gasteiger partial charge in [0.2, 0.25) is 5.95 Å². The molecule has 6 heteroatoms. The Hall–Kier alpha value is -1.17. The number of alkyl halides is 1. The molecule has 0 saturated heterocycles. The van der Waals surface area contributed by atoms with E-state index in [2.05, 4.69) is 9.98 Å². The Kier molecular flexibility index (Phi) is 2.42. The molecule has 1 saturated carbocycles. The second-order valence-electron chi connectivity index (χ2n) is 5.06. The van der Waals surface area contributed by atoms with Crippen LogP contribution in [0.5, 0.6) is 0 Å². The van der Waals surface area contributed by atoms with Crippen LogP contribution in [0.15, 0.2) is 17.3 Å². The van der Waals surface area contributed by atoms with E-state index in [4.69, 9.17) is 5.73 Å². The first-order valence-corrected chi connectivity index (χ1v) is 6.59. The summed E-state index contributed by atoms with van der Waals surface area (Å²) < 4.78 is 26.6. The number of thioether (sulfide) groups is 1. The van der Waals surface area contributed by atoms with Gasteiger partial charge in [0.05, 0.1) is 27.7 Å². The standard InChI is InChI=1S/C12H13F2N3S/c1-11(8-2-7(15)4-16-10(8)14)9-3-12(9,5-13)18-6-17-11/h2,4,6,9H,3,5,15H2,1H3/t9?,11-,12?/m1/s1. The lowest BCUT2D eigenvalue weighted by Gasteiger charge is -2.31. The van der Waals surface area contributed by atoms with Crippen LogP contribution in [-0.2, 0) is 5.54 Å². The van der Waals surface area contributed by atoms with E-state index in [1.807, 2.05) is 6.92 Å². The average Bonchev–Trinajstić information content (AvgIpc) is 3.09. The van der Waals surface area contributed by atoms with Gasteiger partial charge in [0, 0.05) is 11.5 Å². The lowest BCUT2D eigenvalue weighted by molar-refractivity contribution is 0.361. The molecule has 0 radical (unpaired) electrons. The quantitative estimate of drug-likeness (QED) is 0.839. The number of nitrogens with two attached hydrogens (primary N) is 1. The lowest BCUT2D eigenvalue weighted by Crippen LogP contribution is -2.32. The van der Waals surface area contributed by atoms with Crippen molar-refractivity contribution in [1.29, 1.82) is 0 Å². The van der Waals surface area contributed by atoms with E-state index in [-0.39, 0.29) is 5.92 Å². The number of hydrogen-bond donors (Lipinski definition) is 1. The van der Waals surface area contributed by atoms with E-state index >= 15 is 0 Å². The molecule has 0 bridgehead atoms. The molecule has 2 unspecified atom stereocenters. The van der Waals surface area contributed by atoms with Crippen LogP contribution in [-0.4, -0.2) is 22.0 Å². The van der Waals surface area contributed by atoms with Crippen molar-refractivity contribution in [1.82, 2.24) is 4.98 Å². The Morgan fingerprint density at radius 1 is 1.61 bits per heavy atom. The fourth-order valence-corrected chi connectivity index (χ4v) is 3.92. The Morgan fingerprint density at radius 2 is 2.39 bits per heavy atom. The number of halogens is 2. The lowest BCUT2D eigenvalue weighted by atomic mass is 9.87. The minimum atomic E-state index is -0.760. The van der Waals surface area contributed by atoms with Crippen molar-refractivity contribution < 1.29 is 8.78 Å². The number of aliphatic imine (C=N–C) groups is 1. The molecule has 1 aromatic rings. The van der Waals surface area contributed by atoms with Crippen LogP contribution in [0.1, 0.15) is 18.9 Å². The first kappa shape index (κ1) is 11.9. The summed E-state index contributed by atoms with van der Waals surface area (Å²) in [5.74, 6) is -0.571. The number of rotatable bonds is 2. The number of pyridine rings is 1. The first-order valence-electron chi connectivity index (χ1n) is 5.71. The van der Waals surface area contributed by atoms with E-state index in [0.717, 1.165) is 0 Å². The molecule has 3 atom stereocenters. The van der Waals surface area contributed by atoms with E-state index in [1.165, 1.54) is 18.0 Å². The number of nitrogens with zero attached hydrogens (tertiary/aromatic N) is 2. The molecule has 2 N–H and O–H groups in total. The highest BCUT2D eigenvalue weighted by Crippen LogP contribution is 2.65. The maximum atomic E-state index is 13.9. The zero-order valence-corrected chi connectivity index (χ0v) is 10.7. The fourth-order valence-electron chi connectivity index (χ4n) is 2.71. The second kappa shape index (κ2) is 3.66. The summed E-state index contributed by atoms with van der Waals surface area (Å²) in [7, 11) is 0. The summed E-state index contributed by atoms with van der Waals surface area (Å²) in [6.45, 7) is 1.41. The highest BCUT2D eigenvalue weighted by molar-refractivity contribution is 8.13. The van der Waals surface area contributed by atoms with Gasteiger partial charge >= 0.3 is 0 Å². The molecular formula is C12H13F2N3S. The molecule has 1 fully saturated rings. The van der Waals surface area contributed by atoms with Gasteiger partial charge in [-0.15, -0.1) is 11.8 Å². The molecule has 1 aliphatic carbocycles. The zero-order chi connectivity index (χ0) is 13.0. The van der Waals surface area contributed by atoms with E-state index in [0.29, 0.717) is 17.7 Å². The molecule has 18 heavy (non-hydrogen) atoms. The van der Waals surface area contributed by atoms with E-state index in [9.17, 15) is 8.78 Å². The molecule has 3 rings (SSSR count). The number of anilines is 1. The summed E-state index contributed by atoms with van der Waals surface area (Å²) in [5.41, 5.74) is 7.28. The molecule has 1 aliphatic heterocycles. The largest absolute Gasteiger partial charge is 0.397 e. The fraction of sp³-hybridized carbons (Fsp3) is 0.500. The van der Waals surface area contributed by atoms with Crippen LogP contribution in [0.3, 0.4) is 0 Å². The Morgan fingerprint density at radius 3 is 3.11 bits per heavy atom. The number of fused-ring (bicyclic) bond motifs is 1. The normalized spacial score (nSPS) is 37.4. The minimum absolute atomic E-state index is 0.00287. The Labute approximate surface area is 108 Å². The van der Waals surface area contributed by atoms with Crippen molar-refractivity contribution in [2.45, 2.75) is 23.6 Å². The number of hydrogen-bond acceptors (Lipinski definition) is 4. The summed E-state index contributed by atoms with van der Waals surface area (Å²) >= 11 is 1.41. The molecule has 0 amide bonds. The third-order valence-corrected chi connectivity index (χ3v) is 5.18. The van der Waals surface area contributed by atoms with Gasteiger partial charge in [-0.25, -0.2) is 9.37 Å². The molecule has 0 spiro atoms. The van der Waals surface area contributed by atoms with Crippen LogP contribution >= 0.6 is 11.8 Å². The van der Waals surface area contributed by atoms with Gasteiger partial charge in [-0.1, -0.05) is 0 Å². The Balaban J connectivity index is 2.08. The van der Waals surface area contributed by atoms with Crippen LogP contribution in [0.2, 0.25) is 0 Å². The number of nitrogen functional groups attached to an aromatic ring is 1. The number of aromatic nitrogens is 1. The molecular weight excluding hydrogens is 256 g/mol. The van der Waals surface area contributed by atoms with Crippen molar-refractivity contribution in [3.8, 4) is 0 Å². The predicted octanol–water partition coefficient (Wildman–Crippen LogP) is 2.52. The van der Waals surface area contributed by atoms with Gasteiger partial charge in [-0.3, -0.25) is 4.99 Å². The smallest absolute Gasteiger partial charge is 0.218 e. The SMILES string of the molecule is C[C@]1(c2cc(N)cnc2F)N=CSC2(CF)CC21. The Bertz CT molecular complexity index is 536. The zero-order valence-electron chi connectivity index (χ0n) is 9.86. The van der Waals surface area contributed by atoms with Gasteiger partial charge in [0.15, 0.2) is 0 Å². The van der Waals surface area contributed by atoms with Crippen molar-refractivity contribution in [3.05, 3.63) is 23.8 Å². The van der Waals surface area contributed by atoms with Crippen LogP contribution in [0.4, 0.5) is 14.5 Å². The molecule has 0 aromatic carbocycles. The maximum Gasteiger partial charge on any atom is 0.218 e. The predicted molar refractivity (Wildman–Crippen MR) is 68.9 cm³/mol. The minimum Gasteiger partial charge on any atom is -0.397 e. The molecule has 3 nitrogen and oxygen atoms in total. The van der Waals surface area contributed by atoms with Crippen molar-refractivity contribution in [3.63, 3.8) is 0 Å². The summed E-state index contributed by atoms with van der Waals surface area (Å²) in [5, 5.41) is 0. The highest BCUT2D eigenvalue weighted by Gasteiger charge is 2.65. The van der Waals surface area contributed by atoms with Gasteiger partial charge < -0.3 is 5.73 Å². The van der Waals surface area contributed by atoms with E-state index in [1.54, 1.807) is 11.6 Å². The van der Waals surface area contributed by atoms with Gasteiger partial charge in [0.25, 0.3) is 0 Å². The third-order valence-electron chi connectivity index (χ3n) is 3.94. The van der Waals surface area contributed by atoms with Crippen LogP contribution in [0, 0.1) is 11.9 Å². The molecule has 2 heterocycles. The van der Waals surface area contributed by atoms with Gasteiger partial charge in [-0.2, -0.15) is 4.39 Å². The second-order valence-corrected chi connectivity index (χ2v) is 6.32. The van der Waals surface area contributed by atoms with Crippen molar-refractivity contribution in [2.75, 3.05) is 12.4 Å². The van der Waals surface area contributed by atoms with Crippen molar-refractivity contribution in [2.24, 2.45) is 10.9 Å². The highest BCUT2D eigenvalue weighted by atomic mass is 32.2. The summed E-state index contributed by atoms with van der Waals surface area (Å²) in [4.78, 5) is 8.02. The van der Waals surface area contributed by atoms with E-state index < -0.39 is 22.9 Å². The van der Waals surface area contributed by atoms with Crippen molar-refractivity contribution >= 4 is 23.0 Å². The van der Waals surface area contributed by atoms with Gasteiger partial charge in [-0.05, 0) is 19.4 Å². The topological polar surface area (TPSA) is 51.3 Å². The molecule has 1 aromatic heterocycles. The average molecular weight is 269 g/mol. The summed E-state index contributed by atoms with van der Waals surface area (Å²) in [6.07, 6.45) is 1.98. The van der Waals surface area contributed by atoms with Gasteiger partial charge in [0.1, 0.15) is 6.67 Å². The maximum absolute atomic E-state index is 13.9. The first-order chi connectivity index (χ1) is 8.52. The third kappa shape index (κ3) is 1.48. The monoisotopic (exact) mass is 269 g/mol.